The molecule has 0 saturated carbocycles. The molecular weight excluding hydrogens is 318 g/mol. The van der Waals surface area contributed by atoms with E-state index < -0.39 is 9.84 Å². The van der Waals surface area contributed by atoms with E-state index in [0.29, 0.717) is 11.3 Å². The fourth-order valence-corrected chi connectivity index (χ4v) is 5.10. The molecule has 4 nitrogen and oxygen atoms in total. The maximum absolute atomic E-state index is 12.4. The van der Waals surface area contributed by atoms with Gasteiger partial charge in [-0.15, -0.1) is 11.3 Å². The highest BCUT2D eigenvalue weighted by Gasteiger charge is 2.29. The van der Waals surface area contributed by atoms with Crippen LogP contribution in [-0.4, -0.2) is 31.9 Å². The predicted octanol–water partition coefficient (Wildman–Crippen LogP) is 2.64. The molecule has 1 fully saturated rings. The third-order valence-corrected chi connectivity index (χ3v) is 6.48. The number of sulfone groups is 1. The number of aryl methyl sites for hydroxylation is 1. The molecule has 1 aromatic heterocycles. The van der Waals surface area contributed by atoms with Gasteiger partial charge in [-0.05, 0) is 30.4 Å². The molecule has 2 heterocycles. The van der Waals surface area contributed by atoms with Gasteiger partial charge in [-0.25, -0.2) is 8.42 Å². The molecule has 2 aromatic rings. The van der Waals surface area contributed by atoms with E-state index in [-0.39, 0.29) is 23.5 Å². The highest BCUT2D eigenvalue weighted by molar-refractivity contribution is 7.91. The minimum Gasteiger partial charge on any atom is -0.348 e. The largest absolute Gasteiger partial charge is 0.348 e. The molecule has 1 atom stereocenters. The Morgan fingerprint density at radius 2 is 1.95 bits per heavy atom. The van der Waals surface area contributed by atoms with Crippen LogP contribution in [-0.2, 0) is 9.84 Å². The Balaban J connectivity index is 1.80. The van der Waals surface area contributed by atoms with Gasteiger partial charge < -0.3 is 5.32 Å². The lowest BCUT2D eigenvalue weighted by Gasteiger charge is -2.11. The summed E-state index contributed by atoms with van der Waals surface area (Å²) >= 11 is 1.38. The molecule has 0 unspecified atom stereocenters. The predicted molar refractivity (Wildman–Crippen MR) is 89.0 cm³/mol. The highest BCUT2D eigenvalue weighted by atomic mass is 32.2. The van der Waals surface area contributed by atoms with Crippen molar-refractivity contribution in [2.75, 3.05) is 11.5 Å². The number of benzene rings is 1. The van der Waals surface area contributed by atoms with Crippen LogP contribution in [0.25, 0.3) is 11.1 Å². The summed E-state index contributed by atoms with van der Waals surface area (Å²) in [6.45, 7) is 2.02. The van der Waals surface area contributed by atoms with Crippen LogP contribution in [0.2, 0.25) is 0 Å². The molecule has 0 radical (unpaired) electrons. The Kier molecular flexibility index (Phi) is 4.06. The SMILES string of the molecule is Cc1ccc(-c2ccsc2C(=O)N[C@H]2CCS(=O)(=O)C2)cc1. The van der Waals surface area contributed by atoms with Crippen LogP contribution in [0, 0.1) is 6.92 Å². The molecule has 1 saturated heterocycles. The Hall–Kier alpha value is -1.66. The van der Waals surface area contributed by atoms with Crippen LogP contribution in [0.5, 0.6) is 0 Å². The zero-order valence-electron chi connectivity index (χ0n) is 12.2. The van der Waals surface area contributed by atoms with Gasteiger partial charge in [-0.2, -0.15) is 0 Å². The Labute approximate surface area is 134 Å². The number of thiophene rings is 1. The van der Waals surface area contributed by atoms with Crippen molar-refractivity contribution in [1.82, 2.24) is 5.32 Å². The summed E-state index contributed by atoms with van der Waals surface area (Å²) in [6.07, 6.45) is 0.499. The quantitative estimate of drug-likeness (QED) is 0.938. The first-order valence-electron chi connectivity index (χ1n) is 7.10. The number of rotatable bonds is 3. The molecule has 0 aliphatic carbocycles. The average Bonchev–Trinajstić information content (AvgIpc) is 3.06. The molecule has 1 aromatic carbocycles. The summed E-state index contributed by atoms with van der Waals surface area (Å²) in [5.74, 6) is 0.0182. The molecule has 1 aliphatic heterocycles. The summed E-state index contributed by atoms with van der Waals surface area (Å²) in [7, 11) is -2.99. The molecule has 6 heteroatoms. The number of carbonyl (C=O) groups excluding carboxylic acids is 1. The van der Waals surface area contributed by atoms with Crippen molar-refractivity contribution in [2.45, 2.75) is 19.4 Å². The molecule has 0 bridgehead atoms. The van der Waals surface area contributed by atoms with E-state index in [2.05, 4.69) is 5.32 Å². The summed E-state index contributed by atoms with van der Waals surface area (Å²) in [4.78, 5) is 13.1. The zero-order valence-corrected chi connectivity index (χ0v) is 13.8. The van der Waals surface area contributed by atoms with Gasteiger partial charge in [0.25, 0.3) is 5.91 Å². The van der Waals surface area contributed by atoms with Gasteiger partial charge >= 0.3 is 0 Å². The molecule has 3 rings (SSSR count). The molecule has 0 spiro atoms. The summed E-state index contributed by atoms with van der Waals surface area (Å²) < 4.78 is 23.0. The molecule has 22 heavy (non-hydrogen) atoms. The summed E-state index contributed by atoms with van der Waals surface area (Å²) in [5.41, 5.74) is 3.06. The molecule has 116 valence electrons. The Bertz CT molecular complexity index is 791. The maximum atomic E-state index is 12.4. The van der Waals surface area contributed by atoms with Crippen LogP contribution < -0.4 is 5.32 Å². The molecule has 1 N–H and O–H groups in total. The van der Waals surface area contributed by atoms with Crippen LogP contribution in [0.3, 0.4) is 0 Å². The summed E-state index contributed by atoms with van der Waals surface area (Å²) in [6, 6.07) is 9.67. The molecule has 1 aliphatic rings. The third kappa shape index (κ3) is 3.23. The first-order valence-corrected chi connectivity index (χ1v) is 9.80. The van der Waals surface area contributed by atoms with Gasteiger partial charge in [0.1, 0.15) is 0 Å². The lowest BCUT2D eigenvalue weighted by molar-refractivity contribution is 0.0946. The van der Waals surface area contributed by atoms with E-state index in [1.165, 1.54) is 16.9 Å². The fourth-order valence-electron chi connectivity index (χ4n) is 2.61. The van der Waals surface area contributed by atoms with E-state index in [1.54, 1.807) is 0 Å². The molecule has 1 amide bonds. The smallest absolute Gasteiger partial charge is 0.262 e. The lowest BCUT2D eigenvalue weighted by Crippen LogP contribution is -2.35. The Morgan fingerprint density at radius 3 is 2.59 bits per heavy atom. The minimum absolute atomic E-state index is 0.0456. The average molecular weight is 335 g/mol. The third-order valence-electron chi connectivity index (χ3n) is 3.80. The number of amides is 1. The van der Waals surface area contributed by atoms with Crippen molar-refractivity contribution in [2.24, 2.45) is 0 Å². The molecular formula is C16H17NO3S2. The normalized spacial score (nSPS) is 20.0. The van der Waals surface area contributed by atoms with Crippen molar-refractivity contribution in [1.29, 1.82) is 0 Å². The van der Waals surface area contributed by atoms with Gasteiger partial charge in [-0.3, -0.25) is 4.79 Å². The van der Waals surface area contributed by atoms with Gasteiger partial charge in [0, 0.05) is 11.6 Å². The van der Waals surface area contributed by atoms with Crippen molar-refractivity contribution in [3.05, 3.63) is 46.2 Å². The number of hydrogen-bond acceptors (Lipinski definition) is 4. The van der Waals surface area contributed by atoms with Crippen molar-refractivity contribution in [3.63, 3.8) is 0 Å². The van der Waals surface area contributed by atoms with E-state index >= 15 is 0 Å². The van der Waals surface area contributed by atoms with E-state index in [1.807, 2.05) is 42.6 Å². The fraction of sp³-hybridized carbons (Fsp3) is 0.312. The van der Waals surface area contributed by atoms with Crippen molar-refractivity contribution >= 4 is 27.1 Å². The highest BCUT2D eigenvalue weighted by Crippen LogP contribution is 2.29. The summed E-state index contributed by atoms with van der Waals surface area (Å²) in [5, 5.41) is 4.74. The Morgan fingerprint density at radius 1 is 1.23 bits per heavy atom. The topological polar surface area (TPSA) is 63.2 Å². The second-order valence-corrected chi connectivity index (χ2v) is 8.75. The van der Waals surface area contributed by atoms with Crippen LogP contribution in [0.1, 0.15) is 21.7 Å². The first kappa shape index (κ1) is 15.2. The van der Waals surface area contributed by atoms with E-state index in [4.69, 9.17) is 0 Å². The maximum Gasteiger partial charge on any atom is 0.262 e. The second-order valence-electron chi connectivity index (χ2n) is 5.60. The van der Waals surface area contributed by atoms with E-state index in [9.17, 15) is 13.2 Å². The first-order chi connectivity index (χ1) is 10.4. The number of hydrogen-bond donors (Lipinski definition) is 1. The van der Waals surface area contributed by atoms with Crippen molar-refractivity contribution in [3.8, 4) is 11.1 Å². The van der Waals surface area contributed by atoms with Gasteiger partial charge in [0.05, 0.1) is 16.4 Å². The minimum atomic E-state index is -2.99. The lowest BCUT2D eigenvalue weighted by atomic mass is 10.0. The van der Waals surface area contributed by atoms with Crippen LogP contribution >= 0.6 is 11.3 Å². The van der Waals surface area contributed by atoms with Gasteiger partial charge in [0.15, 0.2) is 9.84 Å². The second kappa shape index (κ2) is 5.85. The van der Waals surface area contributed by atoms with Crippen LogP contribution in [0.4, 0.5) is 0 Å². The van der Waals surface area contributed by atoms with Gasteiger partial charge in [-0.1, -0.05) is 29.8 Å². The van der Waals surface area contributed by atoms with E-state index in [0.717, 1.165) is 11.1 Å². The zero-order chi connectivity index (χ0) is 15.7. The number of carbonyl (C=O) groups is 1. The monoisotopic (exact) mass is 335 g/mol. The number of nitrogens with one attached hydrogen (secondary N) is 1. The van der Waals surface area contributed by atoms with Crippen molar-refractivity contribution < 1.29 is 13.2 Å². The standard InChI is InChI=1S/C16H17NO3S2/c1-11-2-4-12(5-3-11)14-6-8-21-15(14)16(18)17-13-7-9-22(19,20)10-13/h2-6,8,13H,7,9-10H2,1H3,(H,17,18)/t13-/m0/s1. The van der Waals surface area contributed by atoms with Crippen LogP contribution in [0.15, 0.2) is 35.7 Å². The van der Waals surface area contributed by atoms with Gasteiger partial charge in [0.2, 0.25) is 0 Å².